The summed E-state index contributed by atoms with van der Waals surface area (Å²) < 4.78 is 10.4. The van der Waals surface area contributed by atoms with E-state index in [2.05, 4.69) is 0 Å². The van der Waals surface area contributed by atoms with Crippen LogP contribution in [0.5, 0.6) is 11.5 Å². The van der Waals surface area contributed by atoms with Gasteiger partial charge in [0.15, 0.2) is 0 Å². The van der Waals surface area contributed by atoms with Crippen LogP contribution in [0, 0.1) is 0 Å². The normalized spacial score (nSPS) is 10.4. The smallest absolute Gasteiger partial charge is 0.129 e. The minimum atomic E-state index is 0.831. The first-order valence-electron chi connectivity index (χ1n) is 4.17. The highest BCUT2D eigenvalue weighted by molar-refractivity contribution is 5.64. The Balaban J connectivity index is 3.21. The van der Waals surface area contributed by atoms with Crippen LogP contribution in [0.4, 0.5) is 0 Å². The van der Waals surface area contributed by atoms with Crippen LogP contribution in [-0.4, -0.2) is 14.2 Å². The van der Waals surface area contributed by atoms with Gasteiger partial charge in [0.05, 0.1) is 19.8 Å². The number of ether oxygens (including phenoxy) is 2. The third kappa shape index (κ3) is 2.02. The van der Waals surface area contributed by atoms with Crippen molar-refractivity contribution >= 4 is 6.08 Å². The summed E-state index contributed by atoms with van der Waals surface area (Å²) in [6.45, 7) is 1.96. The molecule has 0 N–H and O–H groups in total. The largest absolute Gasteiger partial charge is 0.496 e. The first-order valence-corrected chi connectivity index (χ1v) is 4.17. The molecule has 0 aromatic heterocycles. The molecule has 70 valence electrons. The summed E-state index contributed by atoms with van der Waals surface area (Å²) >= 11 is 0. The Labute approximate surface area is 78.8 Å². The fourth-order valence-electron chi connectivity index (χ4n) is 1.21. The monoisotopic (exact) mass is 178 g/mol. The number of allylic oxidation sites excluding steroid dienone is 1. The van der Waals surface area contributed by atoms with Gasteiger partial charge in [-0.05, 0) is 19.1 Å². The Hall–Kier alpha value is -1.44. The average Bonchev–Trinajstić information content (AvgIpc) is 2.18. The molecule has 0 aliphatic carbocycles. The molecule has 0 saturated heterocycles. The summed E-state index contributed by atoms with van der Waals surface area (Å²) in [6, 6.07) is 5.74. The fourth-order valence-corrected chi connectivity index (χ4v) is 1.21. The van der Waals surface area contributed by atoms with Gasteiger partial charge in [-0.3, -0.25) is 0 Å². The van der Waals surface area contributed by atoms with Crippen LogP contribution in [0.3, 0.4) is 0 Å². The van der Waals surface area contributed by atoms with Crippen LogP contribution >= 0.6 is 0 Å². The van der Waals surface area contributed by atoms with E-state index in [1.165, 1.54) is 0 Å². The van der Waals surface area contributed by atoms with Crippen molar-refractivity contribution in [3.8, 4) is 11.5 Å². The second-order valence-electron chi connectivity index (χ2n) is 2.58. The molecule has 13 heavy (non-hydrogen) atoms. The first kappa shape index (κ1) is 9.65. The van der Waals surface area contributed by atoms with Gasteiger partial charge in [-0.25, -0.2) is 0 Å². The van der Waals surface area contributed by atoms with Crippen LogP contribution in [0.15, 0.2) is 24.3 Å². The second-order valence-corrected chi connectivity index (χ2v) is 2.58. The van der Waals surface area contributed by atoms with Crippen molar-refractivity contribution in [1.29, 1.82) is 0 Å². The van der Waals surface area contributed by atoms with Crippen LogP contribution in [0.25, 0.3) is 6.08 Å². The van der Waals surface area contributed by atoms with Crippen LogP contribution in [-0.2, 0) is 0 Å². The molecule has 0 bridgehead atoms. The van der Waals surface area contributed by atoms with Gasteiger partial charge in [0, 0.05) is 0 Å². The molecule has 0 fully saturated rings. The maximum atomic E-state index is 5.21. The van der Waals surface area contributed by atoms with E-state index in [1.807, 2.05) is 37.3 Å². The van der Waals surface area contributed by atoms with Crippen molar-refractivity contribution in [2.45, 2.75) is 6.92 Å². The molecule has 0 atom stereocenters. The molecule has 2 nitrogen and oxygen atoms in total. The zero-order chi connectivity index (χ0) is 9.68. The summed E-state index contributed by atoms with van der Waals surface area (Å²) in [7, 11) is 3.31. The predicted molar refractivity (Wildman–Crippen MR) is 54.3 cm³/mol. The lowest BCUT2D eigenvalue weighted by Crippen LogP contribution is -1.91. The minimum Gasteiger partial charge on any atom is -0.496 e. The SMILES string of the molecule is CC=Cc1c(OC)cccc1OC. The third-order valence-electron chi connectivity index (χ3n) is 1.80. The number of hydrogen-bond acceptors (Lipinski definition) is 2. The number of rotatable bonds is 3. The molecule has 0 aliphatic heterocycles. The fraction of sp³-hybridized carbons (Fsp3) is 0.273. The van der Waals surface area contributed by atoms with E-state index in [0.29, 0.717) is 0 Å². The molecule has 0 amide bonds. The molecular weight excluding hydrogens is 164 g/mol. The molecule has 0 radical (unpaired) electrons. The summed E-state index contributed by atoms with van der Waals surface area (Å²) in [4.78, 5) is 0. The zero-order valence-corrected chi connectivity index (χ0v) is 8.20. The molecular formula is C11H14O2. The predicted octanol–water partition coefficient (Wildman–Crippen LogP) is 2.74. The van der Waals surface area contributed by atoms with E-state index in [4.69, 9.17) is 9.47 Å². The standard InChI is InChI=1S/C11H14O2/c1-4-6-9-10(12-2)7-5-8-11(9)13-3/h4-8H,1-3H3. The summed E-state index contributed by atoms with van der Waals surface area (Å²) in [5.74, 6) is 1.66. The Morgan fingerprint density at radius 1 is 1.08 bits per heavy atom. The van der Waals surface area contributed by atoms with Crippen molar-refractivity contribution in [3.63, 3.8) is 0 Å². The quantitative estimate of drug-likeness (QED) is 0.708. The van der Waals surface area contributed by atoms with E-state index in [1.54, 1.807) is 14.2 Å². The summed E-state index contributed by atoms with van der Waals surface area (Å²) in [5.41, 5.74) is 0.981. The average molecular weight is 178 g/mol. The van der Waals surface area contributed by atoms with Crippen molar-refractivity contribution in [2.24, 2.45) is 0 Å². The van der Waals surface area contributed by atoms with E-state index >= 15 is 0 Å². The number of benzene rings is 1. The Morgan fingerprint density at radius 3 is 2.00 bits per heavy atom. The van der Waals surface area contributed by atoms with Gasteiger partial charge in [-0.2, -0.15) is 0 Å². The van der Waals surface area contributed by atoms with E-state index in [-0.39, 0.29) is 0 Å². The van der Waals surface area contributed by atoms with Crippen LogP contribution in [0.1, 0.15) is 12.5 Å². The van der Waals surface area contributed by atoms with E-state index in [9.17, 15) is 0 Å². The lowest BCUT2D eigenvalue weighted by atomic mass is 10.1. The molecule has 1 rings (SSSR count). The maximum Gasteiger partial charge on any atom is 0.129 e. The van der Waals surface area contributed by atoms with Crippen LogP contribution < -0.4 is 9.47 Å². The van der Waals surface area contributed by atoms with E-state index in [0.717, 1.165) is 17.1 Å². The topological polar surface area (TPSA) is 18.5 Å². The number of methoxy groups -OCH3 is 2. The molecule has 0 aliphatic rings. The highest BCUT2D eigenvalue weighted by Crippen LogP contribution is 2.29. The highest BCUT2D eigenvalue weighted by Gasteiger charge is 2.04. The van der Waals surface area contributed by atoms with Gasteiger partial charge < -0.3 is 9.47 Å². The minimum absolute atomic E-state index is 0.831. The molecule has 1 aromatic rings. The highest BCUT2D eigenvalue weighted by atomic mass is 16.5. The lowest BCUT2D eigenvalue weighted by molar-refractivity contribution is 0.392. The molecule has 0 heterocycles. The molecule has 2 heteroatoms. The van der Waals surface area contributed by atoms with Gasteiger partial charge in [0.1, 0.15) is 11.5 Å². The Morgan fingerprint density at radius 2 is 1.62 bits per heavy atom. The number of hydrogen-bond donors (Lipinski definition) is 0. The van der Waals surface area contributed by atoms with Gasteiger partial charge in [-0.15, -0.1) is 0 Å². The van der Waals surface area contributed by atoms with Crippen molar-refractivity contribution in [1.82, 2.24) is 0 Å². The summed E-state index contributed by atoms with van der Waals surface area (Å²) in [6.07, 6.45) is 3.93. The third-order valence-corrected chi connectivity index (χ3v) is 1.80. The molecule has 1 aromatic carbocycles. The van der Waals surface area contributed by atoms with Crippen molar-refractivity contribution in [3.05, 3.63) is 29.8 Å². The lowest BCUT2D eigenvalue weighted by Gasteiger charge is -2.08. The first-order chi connectivity index (χ1) is 6.33. The Kier molecular flexibility index (Phi) is 3.38. The van der Waals surface area contributed by atoms with Gasteiger partial charge >= 0.3 is 0 Å². The van der Waals surface area contributed by atoms with Crippen molar-refractivity contribution < 1.29 is 9.47 Å². The Bertz CT molecular complexity index is 281. The molecule has 0 saturated carbocycles. The van der Waals surface area contributed by atoms with Gasteiger partial charge in [0.2, 0.25) is 0 Å². The van der Waals surface area contributed by atoms with Crippen molar-refractivity contribution in [2.75, 3.05) is 14.2 Å². The summed E-state index contributed by atoms with van der Waals surface area (Å²) in [5, 5.41) is 0. The second kappa shape index (κ2) is 4.55. The van der Waals surface area contributed by atoms with Crippen LogP contribution in [0.2, 0.25) is 0 Å². The van der Waals surface area contributed by atoms with Gasteiger partial charge in [0.25, 0.3) is 0 Å². The zero-order valence-electron chi connectivity index (χ0n) is 8.20. The molecule has 0 unspecified atom stereocenters. The molecule has 0 spiro atoms. The van der Waals surface area contributed by atoms with E-state index < -0.39 is 0 Å². The van der Waals surface area contributed by atoms with Gasteiger partial charge in [-0.1, -0.05) is 18.2 Å². The maximum absolute atomic E-state index is 5.21.